The molecule has 0 atom stereocenters. The molecule has 0 spiro atoms. The molecule has 0 aliphatic heterocycles. The average molecular weight is 260 g/mol. The molecule has 0 bridgehead atoms. The summed E-state index contributed by atoms with van der Waals surface area (Å²) in [5, 5.41) is 0.729. The zero-order valence-corrected chi connectivity index (χ0v) is 9.63. The third-order valence-electron chi connectivity index (χ3n) is 1.45. The van der Waals surface area contributed by atoms with Crippen LogP contribution in [0.25, 0.3) is 0 Å². The summed E-state index contributed by atoms with van der Waals surface area (Å²) in [6, 6.07) is 7.60. The summed E-state index contributed by atoms with van der Waals surface area (Å²) < 4.78 is 2.02. The number of hydrogen-bond acceptors (Lipinski definition) is 1. The Morgan fingerprint density at radius 3 is 2.46 bits per heavy atom. The van der Waals surface area contributed by atoms with Gasteiger partial charge in [0.15, 0.2) is 0 Å². The monoisotopic (exact) mass is 260 g/mol. The fraction of sp³-hybridized carbons (Fsp3) is 0.100. The average Bonchev–Trinajstić information content (AvgIpc) is 2.17. The van der Waals surface area contributed by atoms with E-state index >= 15 is 0 Å². The molecule has 0 aliphatic carbocycles. The molecule has 0 N–H and O–H groups in total. The molecule has 0 aliphatic rings. The van der Waals surface area contributed by atoms with Crippen LogP contribution in [-0.4, -0.2) is 21.2 Å². The van der Waals surface area contributed by atoms with Gasteiger partial charge in [0.2, 0.25) is 0 Å². The Labute approximate surface area is 88.9 Å². The van der Waals surface area contributed by atoms with Gasteiger partial charge in [-0.2, -0.15) is 0 Å². The molecule has 0 fully saturated rings. The van der Waals surface area contributed by atoms with Crippen molar-refractivity contribution in [2.45, 2.75) is 6.92 Å². The molecule has 0 aromatic heterocycles. The quantitative estimate of drug-likeness (QED) is 0.459. The van der Waals surface area contributed by atoms with Crippen LogP contribution in [0.3, 0.4) is 0 Å². The molecular formula is C10H9ClOSe. The van der Waals surface area contributed by atoms with Crippen molar-refractivity contribution in [2.24, 2.45) is 0 Å². The molecule has 1 aromatic carbocycles. The van der Waals surface area contributed by atoms with Crippen LogP contribution in [0.5, 0.6) is 0 Å². The van der Waals surface area contributed by atoms with Crippen molar-refractivity contribution in [3.8, 4) is 0 Å². The van der Waals surface area contributed by atoms with E-state index in [1.165, 1.54) is 0 Å². The van der Waals surface area contributed by atoms with Gasteiger partial charge in [0, 0.05) is 0 Å². The van der Waals surface area contributed by atoms with Crippen molar-refractivity contribution in [1.82, 2.24) is 0 Å². The Morgan fingerprint density at radius 2 is 2.00 bits per heavy atom. The van der Waals surface area contributed by atoms with E-state index < -0.39 is 0 Å². The van der Waals surface area contributed by atoms with Crippen LogP contribution in [0.4, 0.5) is 0 Å². The molecule has 13 heavy (non-hydrogen) atoms. The summed E-state index contributed by atoms with van der Waals surface area (Å²) in [6.45, 7) is 1.88. The van der Waals surface area contributed by atoms with Crippen LogP contribution in [0.1, 0.15) is 6.92 Å². The van der Waals surface area contributed by atoms with Gasteiger partial charge < -0.3 is 0 Å². The van der Waals surface area contributed by atoms with Crippen LogP contribution in [0.2, 0.25) is 5.02 Å². The third-order valence-corrected chi connectivity index (χ3v) is 3.96. The second-order valence-electron chi connectivity index (χ2n) is 2.36. The van der Waals surface area contributed by atoms with Crippen LogP contribution < -0.4 is 4.46 Å². The van der Waals surface area contributed by atoms with Crippen molar-refractivity contribution in [1.29, 1.82) is 0 Å². The van der Waals surface area contributed by atoms with Gasteiger partial charge in [-0.1, -0.05) is 0 Å². The minimum atomic E-state index is 0.112. The predicted octanol–water partition coefficient (Wildman–Crippen LogP) is 1.77. The molecule has 1 rings (SSSR count). The fourth-order valence-electron chi connectivity index (χ4n) is 0.790. The molecule has 0 amide bonds. The maximum absolute atomic E-state index is 10.5. The molecule has 0 heterocycles. The summed E-state index contributed by atoms with van der Waals surface area (Å²) >= 11 is 5.85. The summed E-state index contributed by atoms with van der Waals surface area (Å²) in [5.74, 6) is 0. The topological polar surface area (TPSA) is 17.1 Å². The number of hydrogen-bond donors (Lipinski definition) is 0. The van der Waals surface area contributed by atoms with E-state index in [4.69, 9.17) is 11.6 Å². The van der Waals surface area contributed by atoms with Crippen LogP contribution >= 0.6 is 11.6 Å². The number of benzene rings is 1. The van der Waals surface area contributed by atoms with Crippen molar-refractivity contribution in [3.05, 3.63) is 39.8 Å². The van der Waals surface area contributed by atoms with Crippen LogP contribution in [0.15, 0.2) is 34.8 Å². The first-order chi connectivity index (χ1) is 6.26. The zero-order valence-electron chi connectivity index (χ0n) is 7.16. The zero-order chi connectivity index (χ0) is 9.68. The van der Waals surface area contributed by atoms with Gasteiger partial charge in [-0.05, 0) is 0 Å². The third kappa shape index (κ3) is 3.35. The van der Waals surface area contributed by atoms with Gasteiger partial charge in [0.25, 0.3) is 0 Å². The second-order valence-corrected chi connectivity index (χ2v) is 5.21. The van der Waals surface area contributed by atoms with Crippen LogP contribution in [0, 0.1) is 0 Å². The first kappa shape index (κ1) is 10.5. The van der Waals surface area contributed by atoms with E-state index in [9.17, 15) is 4.79 Å². The number of carbonyl (C=O) groups is 1. The number of halogens is 1. The van der Waals surface area contributed by atoms with E-state index in [2.05, 4.69) is 0 Å². The summed E-state index contributed by atoms with van der Waals surface area (Å²) in [5.41, 5.74) is 0. The first-order valence-corrected chi connectivity index (χ1v) is 5.90. The molecular weight excluding hydrogens is 251 g/mol. The van der Waals surface area contributed by atoms with Crippen molar-refractivity contribution in [3.63, 3.8) is 0 Å². The molecule has 0 saturated carbocycles. The molecule has 0 saturated heterocycles. The standard InChI is InChI=1S/C10H9ClOSe/c1-2-9(7-12)13-10-5-3-8(11)4-6-10/h2-7H,1H3. The van der Waals surface area contributed by atoms with E-state index in [0.29, 0.717) is 0 Å². The molecule has 3 heteroatoms. The maximum atomic E-state index is 10.5. The number of aldehydes is 1. The predicted molar refractivity (Wildman–Crippen MR) is 56.7 cm³/mol. The van der Waals surface area contributed by atoms with Gasteiger partial charge >= 0.3 is 88.9 Å². The molecule has 1 aromatic rings. The minimum absolute atomic E-state index is 0.112. The molecule has 1 nitrogen and oxygen atoms in total. The van der Waals surface area contributed by atoms with Crippen molar-refractivity contribution >= 4 is 37.3 Å². The normalized spacial score (nSPS) is 11.4. The van der Waals surface area contributed by atoms with Gasteiger partial charge in [-0.15, -0.1) is 0 Å². The summed E-state index contributed by atoms with van der Waals surface area (Å²) in [7, 11) is 0. The Morgan fingerprint density at radius 1 is 1.38 bits per heavy atom. The number of allylic oxidation sites excluding steroid dienone is 2. The summed E-state index contributed by atoms with van der Waals surface area (Å²) in [6.07, 6.45) is 2.76. The van der Waals surface area contributed by atoms with E-state index in [1.54, 1.807) is 0 Å². The fourth-order valence-corrected chi connectivity index (χ4v) is 2.41. The van der Waals surface area contributed by atoms with E-state index in [1.807, 2.05) is 37.3 Å². The van der Waals surface area contributed by atoms with E-state index in [0.717, 1.165) is 20.2 Å². The van der Waals surface area contributed by atoms with Gasteiger partial charge in [0.1, 0.15) is 0 Å². The van der Waals surface area contributed by atoms with Gasteiger partial charge in [-0.25, -0.2) is 0 Å². The molecule has 0 unspecified atom stereocenters. The number of carbonyl (C=O) groups excluding carboxylic acids is 1. The van der Waals surface area contributed by atoms with Crippen molar-refractivity contribution < 1.29 is 4.79 Å². The first-order valence-electron chi connectivity index (χ1n) is 3.81. The van der Waals surface area contributed by atoms with Crippen LogP contribution in [-0.2, 0) is 4.79 Å². The molecule has 0 radical (unpaired) electrons. The Bertz CT molecular complexity index is 316. The number of rotatable bonds is 3. The Kier molecular flexibility index (Phi) is 4.23. The molecule has 68 valence electrons. The Hall–Kier alpha value is -0.561. The second kappa shape index (κ2) is 5.23. The Balaban J connectivity index is 2.74. The van der Waals surface area contributed by atoms with Crippen molar-refractivity contribution in [2.75, 3.05) is 0 Å². The van der Waals surface area contributed by atoms with Gasteiger partial charge in [-0.3, -0.25) is 0 Å². The SMILES string of the molecule is CC=C(C=O)[Se]c1ccc(Cl)cc1. The van der Waals surface area contributed by atoms with E-state index in [-0.39, 0.29) is 15.0 Å². The van der Waals surface area contributed by atoms with Gasteiger partial charge in [0.05, 0.1) is 0 Å². The summed E-state index contributed by atoms with van der Waals surface area (Å²) in [4.78, 5) is 10.5.